The summed E-state index contributed by atoms with van der Waals surface area (Å²) in [6.45, 7) is 15.8. The number of hydrogen-bond acceptors (Lipinski definition) is 4. The average molecular weight is 452 g/mol. The van der Waals surface area contributed by atoms with E-state index in [1.807, 2.05) is 25.1 Å². The second kappa shape index (κ2) is 8.69. The molecule has 4 nitrogen and oxygen atoms in total. The average Bonchev–Trinajstić information content (AvgIpc) is 2.77. The van der Waals surface area contributed by atoms with Gasteiger partial charge < -0.3 is 9.52 Å². The maximum atomic E-state index is 13.5. The van der Waals surface area contributed by atoms with Crippen molar-refractivity contribution >= 4 is 0 Å². The summed E-state index contributed by atoms with van der Waals surface area (Å²) in [6.07, 6.45) is 7.14. The summed E-state index contributed by atoms with van der Waals surface area (Å²) in [5.74, 6) is 2.51. The standard InChI is InChI=1S/C29H41NO3/c1-8-21(25-18(3)14-23(33-27(25)32)20-10-9-13-30-16-20)26-28(5,6)24(31)15-22-19(4)17(2)11-12-29(22,26)7/h9-10,13-14,16-17,19,21-22,24,26,31H,8,11-12,15H2,1-7H3. The lowest BCUT2D eigenvalue weighted by Crippen LogP contribution is -2.59. The molecule has 0 bridgehead atoms. The van der Waals surface area contributed by atoms with Crippen molar-refractivity contribution in [1.29, 1.82) is 0 Å². The Kier molecular flexibility index (Phi) is 6.37. The number of aryl methyl sites for hydroxylation is 1. The van der Waals surface area contributed by atoms with Crippen molar-refractivity contribution in [2.45, 2.75) is 86.2 Å². The first-order valence-electron chi connectivity index (χ1n) is 12.8. The van der Waals surface area contributed by atoms with Gasteiger partial charge in [-0.25, -0.2) is 4.79 Å². The van der Waals surface area contributed by atoms with Gasteiger partial charge in [0.1, 0.15) is 5.76 Å². The molecule has 7 unspecified atom stereocenters. The molecule has 0 spiro atoms. The third kappa shape index (κ3) is 3.88. The van der Waals surface area contributed by atoms with Gasteiger partial charge in [0.2, 0.25) is 0 Å². The third-order valence-electron chi connectivity index (χ3n) is 9.72. The normalized spacial score (nSPS) is 34.5. The molecule has 2 aromatic rings. The number of nitrogens with zero attached hydrogens (tertiary/aromatic N) is 1. The molecule has 0 radical (unpaired) electrons. The van der Waals surface area contributed by atoms with E-state index < -0.39 is 0 Å². The van der Waals surface area contributed by atoms with Crippen molar-refractivity contribution in [3.63, 3.8) is 0 Å². The van der Waals surface area contributed by atoms with Gasteiger partial charge in [0.25, 0.3) is 0 Å². The first kappa shape index (κ1) is 24.2. The summed E-state index contributed by atoms with van der Waals surface area (Å²) in [6, 6.07) is 5.76. The minimum atomic E-state index is -0.371. The summed E-state index contributed by atoms with van der Waals surface area (Å²) in [4.78, 5) is 17.7. The van der Waals surface area contributed by atoms with E-state index in [1.165, 1.54) is 6.42 Å². The van der Waals surface area contributed by atoms with Gasteiger partial charge in [0.15, 0.2) is 0 Å². The molecule has 2 aromatic heterocycles. The van der Waals surface area contributed by atoms with Crippen molar-refractivity contribution < 1.29 is 9.52 Å². The largest absolute Gasteiger partial charge is 0.422 e. The highest BCUT2D eigenvalue weighted by atomic mass is 16.4. The van der Waals surface area contributed by atoms with Gasteiger partial charge in [-0.15, -0.1) is 0 Å². The molecule has 2 aliphatic rings. The van der Waals surface area contributed by atoms with Crippen LogP contribution < -0.4 is 5.63 Å². The molecule has 7 atom stereocenters. The highest BCUT2D eigenvalue weighted by Crippen LogP contribution is 2.65. The molecular weight excluding hydrogens is 410 g/mol. The van der Waals surface area contributed by atoms with Crippen molar-refractivity contribution in [1.82, 2.24) is 4.98 Å². The van der Waals surface area contributed by atoms with E-state index in [1.54, 1.807) is 12.4 Å². The number of pyridine rings is 1. The Labute approximate surface area is 198 Å². The van der Waals surface area contributed by atoms with E-state index in [0.717, 1.165) is 36.0 Å². The first-order valence-corrected chi connectivity index (χ1v) is 12.8. The summed E-state index contributed by atoms with van der Waals surface area (Å²) in [5, 5.41) is 11.4. The lowest BCUT2D eigenvalue weighted by Gasteiger charge is -2.63. The van der Waals surface area contributed by atoms with Crippen LogP contribution in [0.2, 0.25) is 0 Å². The fraction of sp³-hybridized carbons (Fsp3) is 0.655. The van der Waals surface area contributed by atoms with Gasteiger partial charge in [0.05, 0.1) is 6.10 Å². The molecule has 0 aliphatic heterocycles. The van der Waals surface area contributed by atoms with Crippen LogP contribution >= 0.6 is 0 Å². The van der Waals surface area contributed by atoms with Crippen molar-refractivity contribution in [3.05, 3.63) is 52.1 Å². The summed E-state index contributed by atoms with van der Waals surface area (Å²) in [5.41, 5.74) is 2.14. The van der Waals surface area contributed by atoms with E-state index >= 15 is 0 Å². The molecule has 0 saturated heterocycles. The van der Waals surface area contributed by atoms with Crippen LogP contribution in [0.5, 0.6) is 0 Å². The van der Waals surface area contributed by atoms with E-state index in [4.69, 9.17) is 4.42 Å². The van der Waals surface area contributed by atoms with Crippen LogP contribution in [0.4, 0.5) is 0 Å². The molecule has 2 saturated carbocycles. The molecule has 2 heterocycles. The van der Waals surface area contributed by atoms with E-state index in [2.05, 4.69) is 46.5 Å². The van der Waals surface area contributed by atoms with E-state index in [9.17, 15) is 9.90 Å². The van der Waals surface area contributed by atoms with E-state index in [0.29, 0.717) is 23.5 Å². The van der Waals surface area contributed by atoms with Crippen LogP contribution in [0.1, 0.15) is 84.3 Å². The van der Waals surface area contributed by atoms with Gasteiger partial charge in [-0.05, 0) is 96.8 Å². The molecular formula is C29H41NO3. The SMILES string of the molecule is CCC(c1c(C)cc(-c2cccnc2)oc1=O)C1C(C)(C)C(O)CC2C(C)C(C)CCC21C. The Hall–Kier alpha value is -1.94. The number of hydrogen-bond donors (Lipinski definition) is 1. The highest BCUT2D eigenvalue weighted by molar-refractivity contribution is 5.56. The molecule has 4 heteroatoms. The molecule has 0 aromatic carbocycles. The van der Waals surface area contributed by atoms with Crippen LogP contribution in [0.3, 0.4) is 0 Å². The predicted molar refractivity (Wildman–Crippen MR) is 133 cm³/mol. The quantitative estimate of drug-likeness (QED) is 0.569. The molecule has 2 aliphatic carbocycles. The minimum Gasteiger partial charge on any atom is -0.422 e. The van der Waals surface area contributed by atoms with Crippen LogP contribution in [0.25, 0.3) is 11.3 Å². The van der Waals surface area contributed by atoms with Crippen molar-refractivity contribution in [3.8, 4) is 11.3 Å². The number of aliphatic hydroxyl groups excluding tert-OH is 1. The second-order valence-corrected chi connectivity index (χ2v) is 11.8. The monoisotopic (exact) mass is 451 g/mol. The number of fused-ring (bicyclic) bond motifs is 1. The smallest absolute Gasteiger partial charge is 0.339 e. The molecule has 0 amide bonds. The van der Waals surface area contributed by atoms with Crippen molar-refractivity contribution in [2.75, 3.05) is 0 Å². The Balaban J connectivity index is 1.84. The third-order valence-corrected chi connectivity index (χ3v) is 9.72. The van der Waals surface area contributed by atoms with Gasteiger partial charge in [-0.3, -0.25) is 4.98 Å². The number of rotatable bonds is 4. The Morgan fingerprint density at radius 2 is 2.00 bits per heavy atom. The van der Waals surface area contributed by atoms with Crippen LogP contribution in [0, 0.1) is 41.4 Å². The highest BCUT2D eigenvalue weighted by Gasteiger charge is 2.60. The van der Waals surface area contributed by atoms with Crippen LogP contribution in [0.15, 0.2) is 39.8 Å². The van der Waals surface area contributed by atoms with Crippen LogP contribution in [-0.4, -0.2) is 16.2 Å². The fourth-order valence-electron chi connectivity index (χ4n) is 7.75. The van der Waals surface area contributed by atoms with Gasteiger partial charge in [-0.2, -0.15) is 0 Å². The lowest BCUT2D eigenvalue weighted by molar-refractivity contribution is -0.173. The first-order chi connectivity index (χ1) is 15.5. The molecule has 1 N–H and O–H groups in total. The van der Waals surface area contributed by atoms with Gasteiger partial charge >= 0.3 is 5.63 Å². The van der Waals surface area contributed by atoms with E-state index in [-0.39, 0.29) is 34.4 Å². The summed E-state index contributed by atoms with van der Waals surface area (Å²) >= 11 is 0. The number of aromatic nitrogens is 1. The topological polar surface area (TPSA) is 63.3 Å². The zero-order valence-corrected chi connectivity index (χ0v) is 21.4. The predicted octanol–water partition coefficient (Wildman–Crippen LogP) is 6.60. The Morgan fingerprint density at radius 3 is 2.61 bits per heavy atom. The Bertz CT molecular complexity index is 1040. The fourth-order valence-corrected chi connectivity index (χ4v) is 7.75. The zero-order valence-electron chi connectivity index (χ0n) is 21.4. The van der Waals surface area contributed by atoms with Gasteiger partial charge in [0, 0.05) is 23.5 Å². The van der Waals surface area contributed by atoms with Crippen LogP contribution in [-0.2, 0) is 0 Å². The maximum Gasteiger partial charge on any atom is 0.339 e. The molecule has 180 valence electrons. The van der Waals surface area contributed by atoms with Crippen molar-refractivity contribution in [2.24, 2.45) is 34.5 Å². The summed E-state index contributed by atoms with van der Waals surface area (Å²) < 4.78 is 5.89. The lowest BCUT2D eigenvalue weighted by atomic mass is 9.42. The second-order valence-electron chi connectivity index (χ2n) is 11.8. The summed E-state index contributed by atoms with van der Waals surface area (Å²) in [7, 11) is 0. The molecule has 2 fully saturated rings. The Morgan fingerprint density at radius 1 is 1.27 bits per heavy atom. The number of aliphatic hydroxyl groups is 1. The zero-order chi connectivity index (χ0) is 24.1. The maximum absolute atomic E-state index is 13.5. The molecule has 4 rings (SSSR count). The van der Waals surface area contributed by atoms with Gasteiger partial charge in [-0.1, -0.05) is 41.5 Å². The molecule has 33 heavy (non-hydrogen) atoms. The minimum absolute atomic E-state index is 0.0438.